The molecule has 0 aliphatic heterocycles. The minimum atomic E-state index is 0.280. The number of nitrogens with two attached hydrogens (primary N) is 1. The Balaban J connectivity index is 2.54. The maximum atomic E-state index is 5.50. The summed E-state index contributed by atoms with van der Waals surface area (Å²) in [5.74, 6) is 0.280. The molecule has 14 heavy (non-hydrogen) atoms. The predicted octanol–water partition coefficient (Wildman–Crippen LogP) is 1.06. The number of hydrogen-bond acceptors (Lipinski definition) is 4. The lowest BCUT2D eigenvalue weighted by Crippen LogP contribution is -1.95. The Morgan fingerprint density at radius 1 is 1.50 bits per heavy atom. The monoisotopic (exact) mass is 301 g/mol. The summed E-state index contributed by atoms with van der Waals surface area (Å²) in [5.41, 5.74) is 7.28. The maximum absolute atomic E-state index is 5.50. The zero-order valence-corrected chi connectivity index (χ0v) is 9.63. The molecule has 0 aromatic carbocycles. The van der Waals surface area contributed by atoms with Gasteiger partial charge in [-0.05, 0) is 28.7 Å². The number of aromatic nitrogens is 4. The summed E-state index contributed by atoms with van der Waals surface area (Å²) in [6.07, 6.45) is 3.55. The molecule has 0 aliphatic carbocycles. The van der Waals surface area contributed by atoms with Crippen molar-refractivity contribution in [3.8, 4) is 11.3 Å². The maximum Gasteiger partial charge on any atom is 0.220 e. The first kappa shape index (κ1) is 9.38. The molecule has 0 fully saturated rings. The van der Waals surface area contributed by atoms with Crippen molar-refractivity contribution in [2.45, 2.75) is 0 Å². The van der Waals surface area contributed by atoms with E-state index in [4.69, 9.17) is 5.73 Å². The second kappa shape index (κ2) is 3.52. The van der Waals surface area contributed by atoms with E-state index < -0.39 is 0 Å². The quantitative estimate of drug-likeness (QED) is 0.800. The van der Waals surface area contributed by atoms with E-state index in [-0.39, 0.29) is 5.95 Å². The van der Waals surface area contributed by atoms with Crippen LogP contribution in [0.1, 0.15) is 0 Å². The summed E-state index contributed by atoms with van der Waals surface area (Å²) < 4.78 is 2.65. The summed E-state index contributed by atoms with van der Waals surface area (Å²) in [6.45, 7) is 0. The Bertz CT molecular complexity index is 465. The van der Waals surface area contributed by atoms with E-state index in [0.29, 0.717) is 0 Å². The second-order valence-electron chi connectivity index (χ2n) is 2.81. The van der Waals surface area contributed by atoms with Crippen LogP contribution in [0.2, 0.25) is 0 Å². The molecule has 5 nitrogen and oxygen atoms in total. The molecule has 72 valence electrons. The summed E-state index contributed by atoms with van der Waals surface area (Å²) in [4.78, 5) is 7.96. The van der Waals surface area contributed by atoms with Crippen LogP contribution in [-0.4, -0.2) is 19.7 Å². The van der Waals surface area contributed by atoms with Gasteiger partial charge >= 0.3 is 0 Å². The number of rotatable bonds is 1. The molecule has 6 heteroatoms. The summed E-state index contributed by atoms with van der Waals surface area (Å²) in [5, 5.41) is 4.22. The molecule has 2 aromatic rings. The lowest BCUT2D eigenvalue weighted by atomic mass is 10.2. The van der Waals surface area contributed by atoms with Gasteiger partial charge in [-0.15, -0.1) is 0 Å². The van der Waals surface area contributed by atoms with Crippen LogP contribution in [0.25, 0.3) is 11.3 Å². The van der Waals surface area contributed by atoms with Gasteiger partial charge in [0, 0.05) is 19.4 Å². The van der Waals surface area contributed by atoms with Crippen LogP contribution in [-0.2, 0) is 7.05 Å². The molecule has 0 aliphatic rings. The lowest BCUT2D eigenvalue weighted by Gasteiger charge is -1.97. The fraction of sp³-hybridized carbons (Fsp3) is 0.125. The van der Waals surface area contributed by atoms with E-state index in [9.17, 15) is 0 Å². The molecule has 0 atom stereocenters. The fourth-order valence-electron chi connectivity index (χ4n) is 1.16. The van der Waals surface area contributed by atoms with E-state index >= 15 is 0 Å². The highest BCUT2D eigenvalue weighted by molar-refractivity contribution is 14.1. The van der Waals surface area contributed by atoms with Gasteiger partial charge in [0.2, 0.25) is 5.95 Å². The third-order valence-electron chi connectivity index (χ3n) is 1.73. The molecule has 0 amide bonds. The number of nitrogen functional groups attached to an aromatic ring is 1. The smallest absolute Gasteiger partial charge is 0.220 e. The largest absolute Gasteiger partial charge is 0.368 e. The Hall–Kier alpha value is -1.18. The predicted molar refractivity (Wildman–Crippen MR) is 61.4 cm³/mol. The van der Waals surface area contributed by atoms with Crippen LogP contribution in [0.3, 0.4) is 0 Å². The summed E-state index contributed by atoms with van der Waals surface area (Å²) >= 11 is 2.16. The van der Waals surface area contributed by atoms with Gasteiger partial charge in [-0.25, -0.2) is 9.97 Å². The van der Waals surface area contributed by atoms with Crippen molar-refractivity contribution in [2.75, 3.05) is 5.73 Å². The first-order chi connectivity index (χ1) is 6.66. The number of aryl methyl sites for hydroxylation is 1. The number of hydrogen-bond donors (Lipinski definition) is 1. The van der Waals surface area contributed by atoms with E-state index in [1.54, 1.807) is 10.9 Å². The van der Waals surface area contributed by atoms with Crippen molar-refractivity contribution in [1.82, 2.24) is 19.7 Å². The van der Waals surface area contributed by atoms with Gasteiger partial charge in [-0.2, -0.15) is 5.10 Å². The number of halogens is 1. The molecular weight excluding hydrogens is 293 g/mol. The Morgan fingerprint density at radius 3 is 2.86 bits per heavy atom. The number of nitrogens with zero attached hydrogens (tertiary/aromatic N) is 4. The van der Waals surface area contributed by atoms with Crippen molar-refractivity contribution in [3.63, 3.8) is 0 Å². The summed E-state index contributed by atoms with van der Waals surface area (Å²) in [7, 11) is 1.87. The molecule has 2 N–H and O–H groups in total. The average Bonchev–Trinajstić information content (AvgIpc) is 2.45. The van der Waals surface area contributed by atoms with Crippen molar-refractivity contribution < 1.29 is 0 Å². The Labute approximate surface area is 94.5 Å². The molecule has 0 bridgehead atoms. The third-order valence-corrected chi connectivity index (χ3v) is 2.53. The molecule has 0 radical (unpaired) electrons. The minimum Gasteiger partial charge on any atom is -0.368 e. The molecule has 0 saturated carbocycles. The van der Waals surface area contributed by atoms with Gasteiger partial charge in [0.05, 0.1) is 11.3 Å². The molecule has 2 heterocycles. The normalized spacial score (nSPS) is 10.4. The van der Waals surface area contributed by atoms with Crippen LogP contribution in [0, 0.1) is 3.70 Å². The highest BCUT2D eigenvalue weighted by Gasteiger charge is 2.08. The third kappa shape index (κ3) is 1.69. The van der Waals surface area contributed by atoms with Gasteiger partial charge in [0.25, 0.3) is 0 Å². The first-order valence-electron chi connectivity index (χ1n) is 3.95. The topological polar surface area (TPSA) is 69.6 Å². The Morgan fingerprint density at radius 2 is 2.29 bits per heavy atom. The fourth-order valence-corrected chi connectivity index (χ4v) is 1.91. The first-order valence-corrected chi connectivity index (χ1v) is 5.03. The van der Waals surface area contributed by atoms with Gasteiger partial charge in [-0.3, -0.25) is 4.68 Å². The van der Waals surface area contributed by atoms with Gasteiger partial charge < -0.3 is 5.73 Å². The lowest BCUT2D eigenvalue weighted by molar-refractivity contribution is 0.760. The summed E-state index contributed by atoms with van der Waals surface area (Å²) in [6, 6.07) is 1.82. The van der Waals surface area contributed by atoms with E-state index in [2.05, 4.69) is 37.7 Å². The molecule has 0 spiro atoms. The minimum absolute atomic E-state index is 0.280. The molecular formula is C8H8IN5. The second-order valence-corrected chi connectivity index (χ2v) is 3.83. The SMILES string of the molecule is Cn1cc(-c2ccnc(N)n2)c(I)n1. The highest BCUT2D eigenvalue weighted by atomic mass is 127. The van der Waals surface area contributed by atoms with Gasteiger partial charge in [0.1, 0.15) is 3.70 Å². The van der Waals surface area contributed by atoms with Gasteiger partial charge in [-0.1, -0.05) is 0 Å². The van der Waals surface area contributed by atoms with E-state index in [1.165, 1.54) is 0 Å². The van der Waals surface area contributed by atoms with E-state index in [0.717, 1.165) is 15.0 Å². The molecule has 2 aromatic heterocycles. The zero-order chi connectivity index (χ0) is 10.1. The van der Waals surface area contributed by atoms with Crippen molar-refractivity contribution >= 4 is 28.5 Å². The average molecular weight is 301 g/mol. The van der Waals surface area contributed by atoms with Crippen molar-refractivity contribution in [3.05, 3.63) is 22.2 Å². The molecule has 0 saturated heterocycles. The highest BCUT2D eigenvalue weighted by Crippen LogP contribution is 2.21. The van der Waals surface area contributed by atoms with E-state index in [1.807, 2.05) is 19.3 Å². The molecule has 0 unspecified atom stereocenters. The van der Waals surface area contributed by atoms with Crippen LogP contribution >= 0.6 is 22.6 Å². The van der Waals surface area contributed by atoms with Crippen molar-refractivity contribution in [1.29, 1.82) is 0 Å². The van der Waals surface area contributed by atoms with Gasteiger partial charge in [0.15, 0.2) is 0 Å². The zero-order valence-electron chi connectivity index (χ0n) is 7.48. The standard InChI is InChI=1S/C8H8IN5/c1-14-4-5(7(9)13-14)6-2-3-11-8(10)12-6/h2-4H,1H3,(H2,10,11,12). The number of anilines is 1. The van der Waals surface area contributed by atoms with Crippen LogP contribution in [0.5, 0.6) is 0 Å². The van der Waals surface area contributed by atoms with Crippen LogP contribution in [0.4, 0.5) is 5.95 Å². The Kier molecular flexibility index (Phi) is 2.36. The van der Waals surface area contributed by atoms with Crippen LogP contribution in [0.15, 0.2) is 18.5 Å². The van der Waals surface area contributed by atoms with Crippen LogP contribution < -0.4 is 5.73 Å². The van der Waals surface area contributed by atoms with Crippen molar-refractivity contribution in [2.24, 2.45) is 7.05 Å². The molecule has 2 rings (SSSR count).